The predicted octanol–water partition coefficient (Wildman–Crippen LogP) is 4.11. The van der Waals surface area contributed by atoms with Gasteiger partial charge in [-0.25, -0.2) is 0 Å². The van der Waals surface area contributed by atoms with E-state index in [9.17, 15) is 18.0 Å². The largest absolute Gasteiger partial charge is 0.422 e. The van der Waals surface area contributed by atoms with Crippen molar-refractivity contribution in [2.45, 2.75) is 12.6 Å². The number of primary amides is 1. The van der Waals surface area contributed by atoms with Crippen molar-refractivity contribution in [1.29, 1.82) is 0 Å². The summed E-state index contributed by atoms with van der Waals surface area (Å²) in [5.74, 6) is -1.28. The van der Waals surface area contributed by atoms with Gasteiger partial charge in [0.25, 0.3) is 5.89 Å². The number of halogens is 3. The van der Waals surface area contributed by atoms with Crippen molar-refractivity contribution in [2.24, 2.45) is 5.73 Å². The van der Waals surface area contributed by atoms with Gasteiger partial charge in [0.1, 0.15) is 5.56 Å². The van der Waals surface area contributed by atoms with Crippen LogP contribution < -0.4 is 5.73 Å². The van der Waals surface area contributed by atoms with Gasteiger partial charge in [-0.2, -0.15) is 18.2 Å². The van der Waals surface area contributed by atoms with E-state index in [0.717, 1.165) is 0 Å². The van der Waals surface area contributed by atoms with Crippen LogP contribution in [0.2, 0.25) is 0 Å². The van der Waals surface area contributed by atoms with Crippen LogP contribution in [0.5, 0.6) is 0 Å². The summed E-state index contributed by atoms with van der Waals surface area (Å²) >= 11 is 0. The Morgan fingerprint density at radius 2 is 1.63 bits per heavy atom. The number of hydrogen-bond donors (Lipinski definition) is 1. The molecule has 0 fully saturated rings. The van der Waals surface area contributed by atoms with Gasteiger partial charge in [-0.1, -0.05) is 64.9 Å². The fourth-order valence-corrected chi connectivity index (χ4v) is 2.90. The third-order valence-electron chi connectivity index (χ3n) is 4.23. The molecule has 30 heavy (non-hydrogen) atoms. The molecule has 4 aromatic rings. The minimum absolute atomic E-state index is 0.0630. The van der Waals surface area contributed by atoms with Gasteiger partial charge in [-0.05, 0) is 5.56 Å². The molecule has 0 saturated heterocycles. The Morgan fingerprint density at radius 1 is 0.933 bits per heavy atom. The van der Waals surface area contributed by atoms with Crippen molar-refractivity contribution in [3.8, 4) is 34.3 Å². The number of benzene rings is 2. The standard InChI is InChI=1S/C20H13F3N4O3/c21-20(22,23)15-16(26-29-17(15)12-4-2-1-3-5-12)19-25-18(27-30-19)13-8-6-11(7-9-13)10-14(24)28/h1-9H,10H2,(H2,24,28). The molecule has 1 amide bonds. The van der Waals surface area contributed by atoms with Gasteiger partial charge >= 0.3 is 6.18 Å². The van der Waals surface area contributed by atoms with Gasteiger partial charge in [-0.3, -0.25) is 4.79 Å². The lowest BCUT2D eigenvalue weighted by molar-refractivity contribution is -0.137. The van der Waals surface area contributed by atoms with Crippen molar-refractivity contribution >= 4 is 5.91 Å². The minimum Gasteiger partial charge on any atom is -0.369 e. The highest BCUT2D eigenvalue weighted by molar-refractivity contribution is 5.77. The van der Waals surface area contributed by atoms with Crippen LogP contribution in [0.4, 0.5) is 13.2 Å². The summed E-state index contributed by atoms with van der Waals surface area (Å²) < 4.78 is 51.3. The van der Waals surface area contributed by atoms with Gasteiger partial charge < -0.3 is 14.8 Å². The molecule has 0 saturated carbocycles. The van der Waals surface area contributed by atoms with Gasteiger partial charge in [0.15, 0.2) is 11.5 Å². The Kier molecular flexibility index (Phi) is 4.82. The van der Waals surface area contributed by atoms with E-state index in [1.165, 1.54) is 12.1 Å². The molecule has 0 aliphatic carbocycles. The first-order valence-electron chi connectivity index (χ1n) is 8.67. The second kappa shape index (κ2) is 7.47. The number of alkyl halides is 3. The minimum atomic E-state index is -4.76. The maximum absolute atomic E-state index is 13.8. The summed E-state index contributed by atoms with van der Waals surface area (Å²) in [7, 11) is 0. The van der Waals surface area contributed by atoms with E-state index in [0.29, 0.717) is 11.1 Å². The summed E-state index contributed by atoms with van der Waals surface area (Å²) in [5, 5.41) is 7.27. The third-order valence-corrected chi connectivity index (χ3v) is 4.23. The first kappa shape index (κ1) is 19.4. The number of rotatable bonds is 5. The fraction of sp³-hybridized carbons (Fsp3) is 0.100. The Labute approximate surface area is 167 Å². The molecular formula is C20H13F3N4O3. The van der Waals surface area contributed by atoms with Crippen molar-refractivity contribution in [3.63, 3.8) is 0 Å². The SMILES string of the molecule is NC(=O)Cc1ccc(-c2noc(-c3noc(-c4ccccc4)c3C(F)(F)F)n2)cc1. The number of amides is 1. The van der Waals surface area contributed by atoms with Crippen LogP contribution in [-0.4, -0.2) is 21.2 Å². The third kappa shape index (κ3) is 3.79. The lowest BCUT2D eigenvalue weighted by Gasteiger charge is -2.06. The molecular weight excluding hydrogens is 401 g/mol. The lowest BCUT2D eigenvalue weighted by atomic mass is 10.1. The topological polar surface area (TPSA) is 108 Å². The van der Waals surface area contributed by atoms with Crippen molar-refractivity contribution < 1.29 is 27.0 Å². The molecule has 0 spiro atoms. The van der Waals surface area contributed by atoms with E-state index in [2.05, 4.69) is 15.3 Å². The second-order valence-corrected chi connectivity index (χ2v) is 6.36. The summed E-state index contributed by atoms with van der Waals surface area (Å²) in [6.45, 7) is 0. The highest BCUT2D eigenvalue weighted by Gasteiger charge is 2.42. The predicted molar refractivity (Wildman–Crippen MR) is 98.6 cm³/mol. The van der Waals surface area contributed by atoms with Crippen LogP contribution >= 0.6 is 0 Å². The van der Waals surface area contributed by atoms with Crippen LogP contribution in [0.15, 0.2) is 63.6 Å². The van der Waals surface area contributed by atoms with E-state index in [1.54, 1.807) is 42.5 Å². The molecule has 2 heterocycles. The number of nitrogens with zero attached hydrogens (tertiary/aromatic N) is 3. The van der Waals surface area contributed by atoms with Gasteiger partial charge in [0, 0.05) is 11.1 Å². The molecule has 0 aliphatic heterocycles. The second-order valence-electron chi connectivity index (χ2n) is 6.36. The zero-order valence-electron chi connectivity index (χ0n) is 15.2. The molecule has 0 aliphatic rings. The molecule has 0 radical (unpaired) electrons. The van der Waals surface area contributed by atoms with Crippen LogP contribution in [0, 0.1) is 0 Å². The molecule has 152 valence electrons. The number of carbonyl (C=O) groups excluding carboxylic acids is 1. The van der Waals surface area contributed by atoms with Gasteiger partial charge in [0.2, 0.25) is 11.7 Å². The number of nitrogens with two attached hydrogens (primary N) is 1. The van der Waals surface area contributed by atoms with Crippen LogP contribution in [0.1, 0.15) is 11.1 Å². The van der Waals surface area contributed by atoms with E-state index in [1.807, 2.05) is 0 Å². The number of carbonyl (C=O) groups is 1. The fourth-order valence-electron chi connectivity index (χ4n) is 2.90. The summed E-state index contributed by atoms with van der Waals surface area (Å²) in [6.07, 6.45) is -4.69. The monoisotopic (exact) mass is 414 g/mol. The zero-order chi connectivity index (χ0) is 21.3. The van der Waals surface area contributed by atoms with E-state index in [4.69, 9.17) is 14.8 Å². The first-order chi connectivity index (χ1) is 14.3. The molecule has 0 bridgehead atoms. The van der Waals surface area contributed by atoms with Crippen LogP contribution in [0.25, 0.3) is 34.3 Å². The Morgan fingerprint density at radius 3 is 2.27 bits per heavy atom. The van der Waals surface area contributed by atoms with E-state index < -0.39 is 35.0 Å². The number of hydrogen-bond acceptors (Lipinski definition) is 6. The summed E-state index contributed by atoms with van der Waals surface area (Å²) in [5.41, 5.74) is 4.84. The highest BCUT2D eigenvalue weighted by Crippen LogP contribution is 2.43. The molecule has 2 aromatic carbocycles. The highest BCUT2D eigenvalue weighted by atomic mass is 19.4. The van der Waals surface area contributed by atoms with Crippen LogP contribution in [-0.2, 0) is 17.4 Å². The molecule has 7 nitrogen and oxygen atoms in total. The van der Waals surface area contributed by atoms with E-state index in [-0.39, 0.29) is 17.8 Å². The average Bonchev–Trinajstić information content (AvgIpc) is 3.36. The van der Waals surface area contributed by atoms with E-state index >= 15 is 0 Å². The summed E-state index contributed by atoms with van der Waals surface area (Å²) in [6, 6.07) is 14.3. The maximum Gasteiger partial charge on any atom is 0.422 e. The smallest absolute Gasteiger partial charge is 0.369 e. The molecule has 0 atom stereocenters. The Balaban J connectivity index is 1.72. The number of aromatic nitrogens is 3. The first-order valence-corrected chi connectivity index (χ1v) is 8.67. The molecule has 0 unspecified atom stereocenters. The van der Waals surface area contributed by atoms with Crippen LogP contribution in [0.3, 0.4) is 0 Å². The Hall–Kier alpha value is -3.95. The Bertz CT molecular complexity index is 1180. The van der Waals surface area contributed by atoms with Crippen molar-refractivity contribution in [2.75, 3.05) is 0 Å². The normalized spacial score (nSPS) is 11.6. The molecule has 10 heteroatoms. The lowest BCUT2D eigenvalue weighted by Crippen LogP contribution is -2.13. The molecule has 4 rings (SSSR count). The van der Waals surface area contributed by atoms with Gasteiger partial charge in [-0.15, -0.1) is 0 Å². The zero-order valence-corrected chi connectivity index (χ0v) is 15.2. The maximum atomic E-state index is 13.8. The van der Waals surface area contributed by atoms with Crippen molar-refractivity contribution in [3.05, 3.63) is 65.7 Å². The van der Waals surface area contributed by atoms with Gasteiger partial charge in [0.05, 0.1) is 6.42 Å². The van der Waals surface area contributed by atoms with Crippen molar-refractivity contribution in [1.82, 2.24) is 15.3 Å². The average molecular weight is 414 g/mol. The molecule has 2 aromatic heterocycles. The summed E-state index contributed by atoms with van der Waals surface area (Å²) in [4.78, 5) is 15.0. The quantitative estimate of drug-likeness (QED) is 0.527. The molecule has 2 N–H and O–H groups in total.